The molecule has 1 aliphatic rings. The summed E-state index contributed by atoms with van der Waals surface area (Å²) in [5.74, 6) is 0.747. The third kappa shape index (κ3) is 2.88. The maximum atomic E-state index is 12.9. The van der Waals surface area contributed by atoms with Crippen LogP contribution in [-0.4, -0.2) is 20.0 Å². The van der Waals surface area contributed by atoms with Crippen LogP contribution in [0.3, 0.4) is 0 Å². The van der Waals surface area contributed by atoms with Gasteiger partial charge in [-0.1, -0.05) is 6.07 Å². The first kappa shape index (κ1) is 14.4. The van der Waals surface area contributed by atoms with Crippen molar-refractivity contribution < 1.29 is 17.6 Å². The molecular formula is C14H11F3N4OS. The summed E-state index contributed by atoms with van der Waals surface area (Å²) in [7, 11) is 0. The minimum absolute atomic E-state index is 0.0420. The molecule has 3 aromatic heterocycles. The van der Waals surface area contributed by atoms with E-state index in [1.807, 2.05) is 17.5 Å². The van der Waals surface area contributed by atoms with Crippen molar-refractivity contribution in [2.24, 2.45) is 0 Å². The monoisotopic (exact) mass is 340 g/mol. The topological polar surface area (TPSA) is 56.7 Å². The number of halogens is 3. The van der Waals surface area contributed by atoms with Crippen molar-refractivity contribution in [1.29, 1.82) is 0 Å². The molecule has 0 atom stereocenters. The number of nitrogens with zero attached hydrogens (tertiary/aromatic N) is 4. The van der Waals surface area contributed by atoms with Gasteiger partial charge in [0, 0.05) is 11.6 Å². The smallest absolute Gasteiger partial charge is 0.418 e. The molecular weight excluding hydrogens is 329 g/mol. The van der Waals surface area contributed by atoms with Gasteiger partial charge in [0.15, 0.2) is 5.69 Å². The van der Waals surface area contributed by atoms with E-state index in [-0.39, 0.29) is 18.4 Å². The predicted molar refractivity (Wildman–Crippen MR) is 75.9 cm³/mol. The molecule has 0 amide bonds. The molecule has 0 aliphatic heterocycles. The van der Waals surface area contributed by atoms with Crippen LogP contribution in [0.1, 0.15) is 36.0 Å². The highest BCUT2D eigenvalue weighted by atomic mass is 32.1. The SMILES string of the molecule is FC(F)(F)c1cc(C2CC2)n(Cc2nnc(-c3cccs3)o2)n1. The van der Waals surface area contributed by atoms with Gasteiger partial charge in [-0.25, -0.2) is 0 Å². The summed E-state index contributed by atoms with van der Waals surface area (Å²) < 4.78 is 45.5. The average Bonchev–Trinajstić information content (AvgIpc) is 2.96. The Morgan fingerprint density at radius 2 is 2.13 bits per heavy atom. The van der Waals surface area contributed by atoms with Gasteiger partial charge in [0.1, 0.15) is 6.54 Å². The van der Waals surface area contributed by atoms with Gasteiger partial charge in [-0.15, -0.1) is 21.5 Å². The lowest BCUT2D eigenvalue weighted by Crippen LogP contribution is -2.09. The van der Waals surface area contributed by atoms with E-state index >= 15 is 0 Å². The predicted octanol–water partition coefficient (Wildman–Crippen LogP) is 3.94. The number of hydrogen-bond acceptors (Lipinski definition) is 5. The fourth-order valence-electron chi connectivity index (χ4n) is 2.35. The molecule has 23 heavy (non-hydrogen) atoms. The number of thiophene rings is 1. The van der Waals surface area contributed by atoms with Gasteiger partial charge in [-0.05, 0) is 30.4 Å². The molecule has 0 bridgehead atoms. The highest BCUT2D eigenvalue weighted by Gasteiger charge is 2.38. The van der Waals surface area contributed by atoms with E-state index in [2.05, 4.69) is 15.3 Å². The van der Waals surface area contributed by atoms with Gasteiger partial charge in [0.05, 0.1) is 4.88 Å². The third-order valence-electron chi connectivity index (χ3n) is 3.58. The summed E-state index contributed by atoms with van der Waals surface area (Å²) >= 11 is 1.45. The molecule has 4 rings (SSSR count). The van der Waals surface area contributed by atoms with Gasteiger partial charge < -0.3 is 4.42 Å². The Bertz CT molecular complexity index is 818. The van der Waals surface area contributed by atoms with Crippen molar-refractivity contribution >= 4 is 11.3 Å². The second kappa shape index (κ2) is 5.19. The summed E-state index contributed by atoms with van der Waals surface area (Å²) in [4.78, 5) is 0.822. The Kier molecular flexibility index (Phi) is 3.26. The molecule has 0 N–H and O–H groups in total. The molecule has 1 saturated carbocycles. The summed E-state index contributed by atoms with van der Waals surface area (Å²) in [6.45, 7) is 0.0420. The molecule has 120 valence electrons. The second-order valence-electron chi connectivity index (χ2n) is 5.36. The van der Waals surface area contributed by atoms with Crippen LogP contribution in [0.5, 0.6) is 0 Å². The van der Waals surface area contributed by atoms with Crippen LogP contribution < -0.4 is 0 Å². The highest BCUT2D eigenvalue weighted by molar-refractivity contribution is 7.13. The van der Waals surface area contributed by atoms with Crippen LogP contribution in [0, 0.1) is 0 Å². The molecule has 3 heterocycles. The molecule has 1 aliphatic carbocycles. The molecule has 0 spiro atoms. The highest BCUT2D eigenvalue weighted by Crippen LogP contribution is 2.42. The Balaban J connectivity index is 1.62. The van der Waals surface area contributed by atoms with Gasteiger partial charge >= 0.3 is 6.18 Å². The number of hydrogen-bond donors (Lipinski definition) is 0. The van der Waals surface area contributed by atoms with Crippen molar-refractivity contribution in [3.8, 4) is 10.8 Å². The van der Waals surface area contributed by atoms with Crippen LogP contribution in [0.15, 0.2) is 28.0 Å². The van der Waals surface area contributed by atoms with Crippen molar-refractivity contribution in [2.75, 3.05) is 0 Å². The van der Waals surface area contributed by atoms with Crippen molar-refractivity contribution in [3.05, 3.63) is 40.9 Å². The van der Waals surface area contributed by atoms with E-state index in [9.17, 15) is 13.2 Å². The summed E-state index contributed by atoms with van der Waals surface area (Å²) in [6.07, 6.45) is -2.69. The maximum Gasteiger partial charge on any atom is 0.435 e. The molecule has 0 saturated heterocycles. The van der Waals surface area contributed by atoms with Crippen LogP contribution in [-0.2, 0) is 12.7 Å². The van der Waals surface area contributed by atoms with E-state index in [0.29, 0.717) is 11.6 Å². The lowest BCUT2D eigenvalue weighted by Gasteiger charge is -2.03. The minimum atomic E-state index is -4.45. The third-order valence-corrected chi connectivity index (χ3v) is 4.44. The van der Waals surface area contributed by atoms with Gasteiger partial charge in [0.25, 0.3) is 5.89 Å². The number of aromatic nitrogens is 4. The first-order chi connectivity index (χ1) is 11.0. The van der Waals surface area contributed by atoms with E-state index in [1.54, 1.807) is 0 Å². The number of rotatable bonds is 4. The first-order valence-electron chi connectivity index (χ1n) is 7.02. The molecule has 9 heteroatoms. The van der Waals surface area contributed by atoms with Gasteiger partial charge in [-0.2, -0.15) is 18.3 Å². The fraction of sp³-hybridized carbons (Fsp3) is 0.357. The van der Waals surface area contributed by atoms with Crippen LogP contribution in [0.2, 0.25) is 0 Å². The van der Waals surface area contributed by atoms with Crippen LogP contribution in [0.25, 0.3) is 10.8 Å². The Morgan fingerprint density at radius 1 is 1.30 bits per heavy atom. The standard InChI is InChI=1S/C14H11F3N4OS/c15-14(16,17)11-6-9(8-3-4-8)21(20-11)7-12-18-19-13(22-12)10-2-1-5-23-10/h1-2,5-6,8H,3-4,7H2. The molecule has 0 unspecified atom stereocenters. The van der Waals surface area contributed by atoms with E-state index < -0.39 is 11.9 Å². The maximum absolute atomic E-state index is 12.9. The summed E-state index contributed by atoms with van der Waals surface area (Å²) in [5.41, 5.74) is -0.300. The molecule has 5 nitrogen and oxygen atoms in total. The lowest BCUT2D eigenvalue weighted by atomic mass is 10.2. The normalized spacial score (nSPS) is 15.3. The van der Waals surface area contributed by atoms with Crippen LogP contribution in [0.4, 0.5) is 13.2 Å². The zero-order valence-electron chi connectivity index (χ0n) is 11.7. The van der Waals surface area contributed by atoms with E-state index in [0.717, 1.165) is 23.8 Å². The van der Waals surface area contributed by atoms with E-state index in [4.69, 9.17) is 4.42 Å². The largest absolute Gasteiger partial charge is 0.435 e. The van der Waals surface area contributed by atoms with Crippen molar-refractivity contribution in [3.63, 3.8) is 0 Å². The van der Waals surface area contributed by atoms with Gasteiger partial charge in [0.2, 0.25) is 5.89 Å². The van der Waals surface area contributed by atoms with Crippen molar-refractivity contribution in [2.45, 2.75) is 31.5 Å². The quantitative estimate of drug-likeness (QED) is 0.722. The van der Waals surface area contributed by atoms with Crippen LogP contribution >= 0.6 is 11.3 Å². The molecule has 3 aromatic rings. The first-order valence-corrected chi connectivity index (χ1v) is 7.90. The minimum Gasteiger partial charge on any atom is -0.418 e. The molecule has 0 radical (unpaired) electrons. The molecule has 0 aromatic carbocycles. The summed E-state index contributed by atoms with van der Waals surface area (Å²) in [6, 6.07) is 4.82. The zero-order valence-corrected chi connectivity index (χ0v) is 12.6. The molecule has 1 fully saturated rings. The fourth-order valence-corrected chi connectivity index (χ4v) is 2.99. The van der Waals surface area contributed by atoms with Crippen molar-refractivity contribution in [1.82, 2.24) is 20.0 Å². The Morgan fingerprint density at radius 3 is 2.78 bits per heavy atom. The van der Waals surface area contributed by atoms with E-state index in [1.165, 1.54) is 16.0 Å². The lowest BCUT2D eigenvalue weighted by molar-refractivity contribution is -0.141. The average molecular weight is 340 g/mol. The summed E-state index contributed by atoms with van der Waals surface area (Å²) in [5, 5.41) is 13.4. The Labute approximate surface area is 132 Å². The van der Waals surface area contributed by atoms with Gasteiger partial charge in [-0.3, -0.25) is 4.68 Å². The second-order valence-corrected chi connectivity index (χ2v) is 6.31. The Hall–Kier alpha value is -2.16. The zero-order chi connectivity index (χ0) is 16.0. The number of alkyl halides is 3.